The standard InChI is InChI=1S/C46H28/c1-2-11-29(12-3-1)41-42-33-15-6-4-9-27(33)19-25-37(42)46-44(43-34-16-7-5-10-28(34)20-26-38(43)45(41)46)36-24-22-32-18-17-30-13-8-14-31-21-23-35(36)40(32)39(30)31/h1-26,39-40H. The van der Waals surface area contributed by atoms with Crippen LogP contribution in [-0.2, 0) is 0 Å². The van der Waals surface area contributed by atoms with Gasteiger partial charge in [-0.1, -0.05) is 158 Å². The van der Waals surface area contributed by atoms with E-state index in [1.807, 2.05) is 0 Å². The van der Waals surface area contributed by atoms with Crippen LogP contribution in [0.15, 0.2) is 186 Å². The smallest absolute Gasteiger partial charge is 0.0205 e. The van der Waals surface area contributed by atoms with Crippen LogP contribution in [0.2, 0.25) is 0 Å². The summed E-state index contributed by atoms with van der Waals surface area (Å²) in [7, 11) is 0. The van der Waals surface area contributed by atoms with Crippen molar-refractivity contribution >= 4 is 43.8 Å². The van der Waals surface area contributed by atoms with Gasteiger partial charge in [0.1, 0.15) is 0 Å². The average Bonchev–Trinajstić information content (AvgIpc) is 3.64. The molecule has 0 heteroatoms. The molecule has 2 atom stereocenters. The molecule has 0 nitrogen and oxygen atoms in total. The van der Waals surface area contributed by atoms with Crippen molar-refractivity contribution < 1.29 is 0 Å². The van der Waals surface area contributed by atoms with Gasteiger partial charge in [0, 0.05) is 11.8 Å². The molecule has 11 rings (SSSR count). The van der Waals surface area contributed by atoms with Crippen molar-refractivity contribution in [2.24, 2.45) is 11.8 Å². The lowest BCUT2D eigenvalue weighted by Gasteiger charge is -2.40. The maximum Gasteiger partial charge on any atom is 0.0205 e. The van der Waals surface area contributed by atoms with E-state index < -0.39 is 0 Å². The van der Waals surface area contributed by atoms with Crippen molar-refractivity contribution in [2.75, 3.05) is 0 Å². The lowest BCUT2D eigenvalue weighted by atomic mass is 9.63. The lowest BCUT2D eigenvalue weighted by Crippen LogP contribution is -2.29. The zero-order valence-electron chi connectivity index (χ0n) is 25.2. The normalized spacial score (nSPS) is 21.3. The summed E-state index contributed by atoms with van der Waals surface area (Å²) < 4.78 is 0. The minimum Gasteiger partial charge on any atom is -0.0622 e. The molecule has 0 saturated carbocycles. The number of hydrogen-bond acceptors (Lipinski definition) is 0. The van der Waals surface area contributed by atoms with E-state index in [0.717, 1.165) is 0 Å². The first-order valence-electron chi connectivity index (χ1n) is 16.4. The average molecular weight is 581 g/mol. The zero-order valence-corrected chi connectivity index (χ0v) is 25.2. The van der Waals surface area contributed by atoms with Crippen LogP contribution in [0, 0.1) is 11.8 Å². The molecule has 6 aliphatic rings. The molecule has 0 bridgehead atoms. The van der Waals surface area contributed by atoms with Crippen LogP contribution in [0.3, 0.4) is 0 Å². The van der Waals surface area contributed by atoms with E-state index in [9.17, 15) is 0 Å². The maximum absolute atomic E-state index is 2.43. The lowest BCUT2D eigenvalue weighted by molar-refractivity contribution is 0.562. The molecule has 5 aromatic carbocycles. The Balaban J connectivity index is 1.32. The quantitative estimate of drug-likeness (QED) is 0.195. The highest BCUT2D eigenvalue weighted by Crippen LogP contribution is 2.62. The number of allylic oxidation sites excluding steroid dienone is 17. The Morgan fingerprint density at radius 2 is 0.978 bits per heavy atom. The Labute approximate surface area is 268 Å². The molecule has 0 N–H and O–H groups in total. The third-order valence-electron chi connectivity index (χ3n) is 11.0. The van der Waals surface area contributed by atoms with E-state index in [0.29, 0.717) is 11.8 Å². The molecule has 0 amide bonds. The van der Waals surface area contributed by atoms with E-state index >= 15 is 0 Å². The summed E-state index contributed by atoms with van der Waals surface area (Å²) in [5.41, 5.74) is 19.3. The predicted octanol–water partition coefficient (Wildman–Crippen LogP) is 11.2. The predicted molar refractivity (Wildman–Crippen MR) is 193 cm³/mol. The van der Waals surface area contributed by atoms with Gasteiger partial charge in [-0.25, -0.2) is 0 Å². The fourth-order valence-corrected chi connectivity index (χ4v) is 9.13. The first-order valence-corrected chi connectivity index (χ1v) is 16.4. The third-order valence-corrected chi connectivity index (χ3v) is 11.0. The Bertz CT molecular complexity index is 2550. The number of fused-ring (bicyclic) bond motifs is 9. The van der Waals surface area contributed by atoms with Gasteiger partial charge >= 0.3 is 0 Å². The molecule has 6 aliphatic carbocycles. The summed E-state index contributed by atoms with van der Waals surface area (Å²) in [4.78, 5) is 0. The second kappa shape index (κ2) is 8.93. The summed E-state index contributed by atoms with van der Waals surface area (Å²) in [5, 5.41) is 5.22. The van der Waals surface area contributed by atoms with E-state index in [2.05, 4.69) is 158 Å². The van der Waals surface area contributed by atoms with E-state index in [1.165, 1.54) is 99.5 Å². The molecule has 212 valence electrons. The highest BCUT2D eigenvalue weighted by molar-refractivity contribution is 6.39. The summed E-state index contributed by atoms with van der Waals surface area (Å²) in [5.74, 6) is 0.700. The van der Waals surface area contributed by atoms with Crippen LogP contribution < -0.4 is 0 Å². The van der Waals surface area contributed by atoms with E-state index in [1.54, 1.807) is 0 Å². The molecule has 0 radical (unpaired) electrons. The number of hydrogen-bond donors (Lipinski definition) is 0. The van der Waals surface area contributed by atoms with E-state index in [4.69, 9.17) is 0 Å². The minimum absolute atomic E-state index is 0.326. The number of benzene rings is 5. The maximum atomic E-state index is 2.43. The second-order valence-corrected chi connectivity index (χ2v) is 13.1. The molecule has 0 fully saturated rings. The molecule has 5 aromatic rings. The van der Waals surface area contributed by atoms with Gasteiger partial charge in [-0.05, 0) is 99.5 Å². The van der Waals surface area contributed by atoms with Crippen LogP contribution >= 0.6 is 0 Å². The SMILES string of the molecule is C1=CC2=CC=C3C=CC(C4=C5C(=C(c6ccccc6)c6c5ccc5ccccc65)c5ccc6ccccc6c54)=C4C=CC(=C1)C2C34. The van der Waals surface area contributed by atoms with Gasteiger partial charge in [-0.15, -0.1) is 0 Å². The van der Waals surface area contributed by atoms with Crippen molar-refractivity contribution in [3.05, 3.63) is 213 Å². The van der Waals surface area contributed by atoms with Crippen LogP contribution in [0.5, 0.6) is 0 Å². The third kappa shape index (κ3) is 3.09. The van der Waals surface area contributed by atoms with E-state index in [-0.39, 0.29) is 0 Å². The Morgan fingerprint density at radius 1 is 0.391 bits per heavy atom. The van der Waals surface area contributed by atoms with Gasteiger partial charge in [-0.3, -0.25) is 0 Å². The molecule has 0 aromatic heterocycles. The minimum atomic E-state index is 0.326. The van der Waals surface area contributed by atoms with Gasteiger partial charge in [0.15, 0.2) is 0 Å². The number of rotatable bonds is 2. The largest absolute Gasteiger partial charge is 0.0622 e. The van der Waals surface area contributed by atoms with Crippen molar-refractivity contribution in [3.63, 3.8) is 0 Å². The van der Waals surface area contributed by atoms with Crippen molar-refractivity contribution in [2.45, 2.75) is 0 Å². The Morgan fingerprint density at radius 3 is 1.72 bits per heavy atom. The molecular formula is C46H28. The van der Waals surface area contributed by atoms with Gasteiger partial charge in [0.25, 0.3) is 0 Å². The molecule has 0 aliphatic heterocycles. The molecule has 0 heterocycles. The summed E-state index contributed by atoms with van der Waals surface area (Å²) >= 11 is 0. The van der Waals surface area contributed by atoms with Gasteiger partial charge in [0.2, 0.25) is 0 Å². The highest BCUT2D eigenvalue weighted by atomic mass is 14.5. The molecule has 2 unspecified atom stereocenters. The zero-order chi connectivity index (χ0) is 29.9. The summed E-state index contributed by atoms with van der Waals surface area (Å²) in [6.45, 7) is 0. The highest BCUT2D eigenvalue weighted by Gasteiger charge is 2.43. The van der Waals surface area contributed by atoms with Gasteiger partial charge < -0.3 is 0 Å². The monoisotopic (exact) mass is 580 g/mol. The Kier molecular flexibility index (Phi) is 4.77. The van der Waals surface area contributed by atoms with Crippen LogP contribution in [-0.4, -0.2) is 0 Å². The first-order chi connectivity index (χ1) is 22.8. The van der Waals surface area contributed by atoms with Gasteiger partial charge in [0.05, 0.1) is 0 Å². The Hall–Kier alpha value is -5.72. The van der Waals surface area contributed by atoms with Crippen LogP contribution in [0.4, 0.5) is 0 Å². The molecule has 0 spiro atoms. The second-order valence-electron chi connectivity index (χ2n) is 13.1. The molecular weight excluding hydrogens is 553 g/mol. The summed E-state index contributed by atoms with van der Waals surface area (Å²) in [6.07, 6.45) is 21.1. The summed E-state index contributed by atoms with van der Waals surface area (Å²) in [6, 6.07) is 38.4. The van der Waals surface area contributed by atoms with Crippen molar-refractivity contribution in [3.8, 4) is 0 Å². The topological polar surface area (TPSA) is 0 Å². The van der Waals surface area contributed by atoms with Crippen LogP contribution in [0.1, 0.15) is 27.8 Å². The van der Waals surface area contributed by atoms with Gasteiger partial charge in [-0.2, -0.15) is 0 Å². The first kappa shape index (κ1) is 24.6. The van der Waals surface area contributed by atoms with Crippen LogP contribution in [0.25, 0.3) is 43.8 Å². The molecule has 46 heavy (non-hydrogen) atoms. The fourth-order valence-electron chi connectivity index (χ4n) is 9.13. The van der Waals surface area contributed by atoms with Crippen molar-refractivity contribution in [1.82, 2.24) is 0 Å². The van der Waals surface area contributed by atoms with Crippen molar-refractivity contribution in [1.29, 1.82) is 0 Å². The molecule has 0 saturated heterocycles. The fraction of sp³-hybridized carbons (Fsp3) is 0.0435.